The number of ether oxygens (including phenoxy) is 2. The third kappa shape index (κ3) is 3.09. The number of Topliss-reactive ketones (excluding diaryl/α,β-unsaturated/α-hetero) is 1. The predicted molar refractivity (Wildman–Crippen MR) is 69.1 cm³/mol. The molecule has 1 aromatic carbocycles. The van der Waals surface area contributed by atoms with Gasteiger partial charge in [-0.2, -0.15) is 0 Å². The third-order valence-electron chi connectivity index (χ3n) is 3.00. The fourth-order valence-electron chi connectivity index (χ4n) is 1.79. The van der Waals surface area contributed by atoms with Gasteiger partial charge in [0.2, 0.25) is 0 Å². The van der Waals surface area contributed by atoms with Crippen molar-refractivity contribution < 1.29 is 14.3 Å². The van der Waals surface area contributed by atoms with E-state index in [4.69, 9.17) is 9.47 Å². The summed E-state index contributed by atoms with van der Waals surface area (Å²) in [5, 5.41) is 2.85. The van der Waals surface area contributed by atoms with Crippen LogP contribution in [-0.2, 0) is 4.74 Å². The summed E-state index contributed by atoms with van der Waals surface area (Å²) >= 11 is 0. The van der Waals surface area contributed by atoms with E-state index in [0.29, 0.717) is 18.7 Å². The van der Waals surface area contributed by atoms with Crippen molar-refractivity contribution in [1.29, 1.82) is 0 Å². The number of benzene rings is 1. The van der Waals surface area contributed by atoms with Crippen molar-refractivity contribution in [1.82, 2.24) is 5.32 Å². The van der Waals surface area contributed by atoms with E-state index in [1.807, 2.05) is 12.1 Å². The average Bonchev–Trinajstić information content (AvgIpc) is 2.35. The predicted octanol–water partition coefficient (Wildman–Crippen LogP) is 1.50. The van der Waals surface area contributed by atoms with Crippen LogP contribution in [0.2, 0.25) is 0 Å². The molecule has 1 saturated heterocycles. The molecule has 0 unspecified atom stereocenters. The molecule has 1 aliphatic rings. The second-order valence-electron chi connectivity index (χ2n) is 5.07. The lowest BCUT2D eigenvalue weighted by atomic mass is 9.90. The number of hydrogen-bond donors (Lipinski definition) is 1. The SMILES string of the molecule is CNCC(=O)c1ccc(OCC2(C)COC2)cc1. The van der Waals surface area contributed by atoms with Gasteiger partial charge in [0.1, 0.15) is 5.75 Å². The number of carbonyl (C=O) groups excluding carboxylic acids is 1. The van der Waals surface area contributed by atoms with E-state index in [-0.39, 0.29) is 11.2 Å². The van der Waals surface area contributed by atoms with Gasteiger partial charge in [-0.25, -0.2) is 0 Å². The van der Waals surface area contributed by atoms with Crippen molar-refractivity contribution in [3.8, 4) is 5.75 Å². The molecule has 0 spiro atoms. The number of ketones is 1. The summed E-state index contributed by atoms with van der Waals surface area (Å²) in [6, 6.07) is 7.28. The van der Waals surface area contributed by atoms with Gasteiger partial charge in [0.25, 0.3) is 0 Å². The standard InChI is InChI=1S/C14H19NO3/c1-14(8-17-9-14)10-18-12-5-3-11(4-6-12)13(16)7-15-2/h3-6,15H,7-10H2,1-2H3. The molecule has 18 heavy (non-hydrogen) atoms. The maximum absolute atomic E-state index is 11.6. The first-order valence-electron chi connectivity index (χ1n) is 6.11. The minimum Gasteiger partial charge on any atom is -0.493 e. The van der Waals surface area contributed by atoms with E-state index in [1.54, 1.807) is 19.2 Å². The Labute approximate surface area is 107 Å². The number of rotatable bonds is 6. The highest BCUT2D eigenvalue weighted by molar-refractivity contribution is 5.97. The number of likely N-dealkylation sites (N-methyl/N-ethyl adjacent to an activating group) is 1. The molecule has 4 heteroatoms. The summed E-state index contributed by atoms with van der Waals surface area (Å²) in [4.78, 5) is 11.6. The van der Waals surface area contributed by atoms with Crippen LogP contribution in [0.4, 0.5) is 0 Å². The van der Waals surface area contributed by atoms with Crippen LogP contribution in [0.25, 0.3) is 0 Å². The van der Waals surface area contributed by atoms with Gasteiger partial charge in [-0.3, -0.25) is 4.79 Å². The van der Waals surface area contributed by atoms with Gasteiger partial charge in [-0.05, 0) is 31.3 Å². The molecule has 4 nitrogen and oxygen atoms in total. The molecule has 1 fully saturated rings. The van der Waals surface area contributed by atoms with E-state index >= 15 is 0 Å². The topological polar surface area (TPSA) is 47.6 Å². The number of carbonyl (C=O) groups is 1. The van der Waals surface area contributed by atoms with Crippen LogP contribution in [0.15, 0.2) is 24.3 Å². The lowest BCUT2D eigenvalue weighted by Gasteiger charge is -2.37. The monoisotopic (exact) mass is 249 g/mol. The van der Waals surface area contributed by atoms with Crippen LogP contribution in [-0.4, -0.2) is 39.2 Å². The molecule has 1 aliphatic heterocycles. The lowest BCUT2D eigenvalue weighted by Crippen LogP contribution is -2.44. The highest BCUT2D eigenvalue weighted by Crippen LogP contribution is 2.27. The van der Waals surface area contributed by atoms with Crippen LogP contribution < -0.4 is 10.1 Å². The fourth-order valence-corrected chi connectivity index (χ4v) is 1.79. The maximum Gasteiger partial charge on any atom is 0.176 e. The quantitative estimate of drug-likeness (QED) is 0.776. The van der Waals surface area contributed by atoms with Gasteiger partial charge < -0.3 is 14.8 Å². The van der Waals surface area contributed by atoms with Crippen molar-refractivity contribution in [2.45, 2.75) is 6.92 Å². The molecule has 0 saturated carbocycles. The Morgan fingerprint density at radius 3 is 2.56 bits per heavy atom. The second kappa shape index (κ2) is 5.50. The zero-order valence-electron chi connectivity index (χ0n) is 10.9. The maximum atomic E-state index is 11.6. The third-order valence-corrected chi connectivity index (χ3v) is 3.00. The van der Waals surface area contributed by atoms with Crippen LogP contribution in [0.3, 0.4) is 0 Å². The van der Waals surface area contributed by atoms with Crippen molar-refractivity contribution in [2.75, 3.05) is 33.4 Å². The van der Waals surface area contributed by atoms with Crippen molar-refractivity contribution >= 4 is 5.78 Å². The first kappa shape index (κ1) is 13.1. The van der Waals surface area contributed by atoms with Crippen molar-refractivity contribution in [3.05, 3.63) is 29.8 Å². The van der Waals surface area contributed by atoms with Gasteiger partial charge in [-0.1, -0.05) is 6.92 Å². The van der Waals surface area contributed by atoms with E-state index in [9.17, 15) is 4.79 Å². The molecule has 98 valence electrons. The molecule has 0 atom stereocenters. The highest BCUT2D eigenvalue weighted by Gasteiger charge is 2.34. The summed E-state index contributed by atoms with van der Waals surface area (Å²) in [5.41, 5.74) is 0.843. The Kier molecular flexibility index (Phi) is 3.99. The second-order valence-corrected chi connectivity index (χ2v) is 5.07. The van der Waals surface area contributed by atoms with E-state index in [2.05, 4.69) is 12.2 Å². The summed E-state index contributed by atoms with van der Waals surface area (Å²) in [7, 11) is 1.76. The molecule has 0 aromatic heterocycles. The smallest absolute Gasteiger partial charge is 0.176 e. The van der Waals surface area contributed by atoms with Crippen LogP contribution >= 0.6 is 0 Å². The van der Waals surface area contributed by atoms with Crippen LogP contribution in [0.5, 0.6) is 5.75 Å². The van der Waals surface area contributed by atoms with Gasteiger partial charge >= 0.3 is 0 Å². The zero-order valence-corrected chi connectivity index (χ0v) is 10.9. The van der Waals surface area contributed by atoms with Crippen LogP contribution in [0.1, 0.15) is 17.3 Å². The van der Waals surface area contributed by atoms with Gasteiger partial charge in [0.15, 0.2) is 5.78 Å². The molecular weight excluding hydrogens is 230 g/mol. The molecule has 2 rings (SSSR count). The first-order chi connectivity index (χ1) is 8.63. The molecule has 0 amide bonds. The van der Waals surface area contributed by atoms with E-state index in [0.717, 1.165) is 19.0 Å². The largest absolute Gasteiger partial charge is 0.493 e. The molecule has 1 N–H and O–H groups in total. The number of nitrogens with one attached hydrogen (secondary N) is 1. The minimum atomic E-state index is 0.0865. The summed E-state index contributed by atoms with van der Waals surface area (Å²) in [6.07, 6.45) is 0. The molecule has 1 aromatic rings. The summed E-state index contributed by atoms with van der Waals surface area (Å²) in [6.45, 7) is 4.66. The van der Waals surface area contributed by atoms with E-state index < -0.39 is 0 Å². The molecule has 1 heterocycles. The van der Waals surface area contributed by atoms with Crippen molar-refractivity contribution in [3.63, 3.8) is 0 Å². The van der Waals surface area contributed by atoms with Gasteiger partial charge in [0, 0.05) is 11.0 Å². The lowest BCUT2D eigenvalue weighted by molar-refractivity contribution is -0.120. The number of hydrogen-bond acceptors (Lipinski definition) is 4. The first-order valence-corrected chi connectivity index (χ1v) is 6.11. The normalized spacial score (nSPS) is 17.0. The Hall–Kier alpha value is -1.39. The van der Waals surface area contributed by atoms with Gasteiger partial charge in [0.05, 0.1) is 26.4 Å². The highest BCUT2D eigenvalue weighted by atomic mass is 16.5. The zero-order chi connectivity index (χ0) is 13.0. The molecular formula is C14H19NO3. The average molecular weight is 249 g/mol. The summed E-state index contributed by atoms with van der Waals surface area (Å²) in [5.74, 6) is 0.882. The fraction of sp³-hybridized carbons (Fsp3) is 0.500. The van der Waals surface area contributed by atoms with Crippen LogP contribution in [0, 0.1) is 5.41 Å². The minimum absolute atomic E-state index is 0.0865. The molecule has 0 radical (unpaired) electrons. The molecule has 0 aliphatic carbocycles. The van der Waals surface area contributed by atoms with E-state index in [1.165, 1.54) is 0 Å². The Morgan fingerprint density at radius 1 is 1.39 bits per heavy atom. The van der Waals surface area contributed by atoms with Crippen molar-refractivity contribution in [2.24, 2.45) is 5.41 Å². The van der Waals surface area contributed by atoms with Gasteiger partial charge in [-0.15, -0.1) is 0 Å². The summed E-state index contributed by atoms with van der Waals surface area (Å²) < 4.78 is 10.9. The Bertz CT molecular complexity index is 410. The molecule has 0 bridgehead atoms. The Balaban J connectivity index is 1.89. The Morgan fingerprint density at radius 2 is 2.06 bits per heavy atom.